The van der Waals surface area contributed by atoms with Gasteiger partial charge in [-0.2, -0.15) is 5.26 Å². The van der Waals surface area contributed by atoms with Gasteiger partial charge in [0.15, 0.2) is 0 Å². The van der Waals surface area contributed by atoms with Gasteiger partial charge in [-0.3, -0.25) is 9.78 Å². The Morgan fingerprint density at radius 1 is 1.29 bits per heavy atom. The van der Waals surface area contributed by atoms with Crippen molar-refractivity contribution in [3.05, 3.63) is 75.9 Å². The highest BCUT2D eigenvalue weighted by atomic mass is 32.1. The molecular formula is C29H32N4O4S. The number of hydrogen-bond acceptors (Lipinski definition) is 7. The number of anilines is 1. The largest absolute Gasteiger partial charge is 0.497 e. The summed E-state index contributed by atoms with van der Waals surface area (Å²) in [7, 11) is 1.62. The average molecular weight is 533 g/mol. The maximum atomic E-state index is 12.8. The van der Waals surface area contributed by atoms with Crippen LogP contribution in [0.1, 0.15) is 52.8 Å². The summed E-state index contributed by atoms with van der Waals surface area (Å²) in [6.07, 6.45) is 6.32. The number of alkyl carbamates (subject to hydrolysis) is 1. The maximum Gasteiger partial charge on any atom is 0.407 e. The minimum atomic E-state index is -0.429. The lowest BCUT2D eigenvalue weighted by molar-refractivity contribution is -0.116. The van der Waals surface area contributed by atoms with Crippen molar-refractivity contribution in [2.45, 2.75) is 44.9 Å². The Labute approximate surface area is 227 Å². The third-order valence-corrected chi connectivity index (χ3v) is 7.91. The number of thiophene rings is 1. The highest BCUT2D eigenvalue weighted by Crippen LogP contribution is 2.39. The molecule has 3 aromatic rings. The molecule has 4 rings (SSSR count). The highest BCUT2D eigenvalue weighted by Gasteiger charge is 2.27. The van der Waals surface area contributed by atoms with Crippen molar-refractivity contribution < 1.29 is 19.1 Å². The number of methoxy groups -OCH3 is 1. The van der Waals surface area contributed by atoms with Gasteiger partial charge < -0.3 is 20.1 Å². The van der Waals surface area contributed by atoms with Gasteiger partial charge in [-0.25, -0.2) is 4.79 Å². The van der Waals surface area contributed by atoms with Crippen molar-refractivity contribution in [1.29, 1.82) is 5.26 Å². The van der Waals surface area contributed by atoms with Gasteiger partial charge in [0.1, 0.15) is 16.8 Å². The molecule has 0 saturated carbocycles. The molecule has 1 aliphatic rings. The maximum absolute atomic E-state index is 12.8. The predicted molar refractivity (Wildman–Crippen MR) is 146 cm³/mol. The minimum absolute atomic E-state index is 0.00209. The van der Waals surface area contributed by atoms with Crippen molar-refractivity contribution in [2.24, 2.45) is 5.92 Å². The molecule has 1 aromatic carbocycles. The zero-order valence-corrected chi connectivity index (χ0v) is 22.5. The highest BCUT2D eigenvalue weighted by molar-refractivity contribution is 7.16. The van der Waals surface area contributed by atoms with Crippen molar-refractivity contribution in [2.75, 3.05) is 25.6 Å². The number of nitrogens with one attached hydrogen (secondary N) is 2. The van der Waals surface area contributed by atoms with Crippen LogP contribution in [0.3, 0.4) is 0 Å². The lowest BCUT2D eigenvalue weighted by atomic mass is 9.88. The SMILES string of the molecule is COc1cccc(C(C)CC(=O)Nc2sc3c(c2C#N)CCC(COC(=O)NCCc2cccnc2)C3)c1. The number of nitriles is 1. The monoisotopic (exact) mass is 532 g/mol. The Morgan fingerprint density at radius 3 is 2.92 bits per heavy atom. The number of carbonyl (C=O) groups excluding carboxylic acids is 2. The fourth-order valence-corrected chi connectivity index (χ4v) is 5.95. The number of benzene rings is 1. The summed E-state index contributed by atoms with van der Waals surface area (Å²) < 4.78 is 10.7. The van der Waals surface area contributed by atoms with Gasteiger partial charge in [0.05, 0.1) is 19.3 Å². The molecule has 0 fully saturated rings. The first-order valence-corrected chi connectivity index (χ1v) is 13.6. The summed E-state index contributed by atoms with van der Waals surface area (Å²) in [4.78, 5) is 30.1. The summed E-state index contributed by atoms with van der Waals surface area (Å²) in [5.74, 6) is 0.808. The van der Waals surface area contributed by atoms with E-state index in [0.717, 1.165) is 40.2 Å². The van der Waals surface area contributed by atoms with Crippen LogP contribution in [0.4, 0.5) is 9.80 Å². The standard InChI is InChI=1S/C29H32N4O4S/c1-19(22-6-3-7-23(15-22)36-2)13-27(34)33-28-25(16-30)24-9-8-21(14-26(24)38-28)18-37-29(35)32-12-10-20-5-4-11-31-17-20/h3-7,11,15,17,19,21H,8-10,12-14,18H2,1-2H3,(H,32,35)(H,33,34). The second-order valence-corrected chi connectivity index (χ2v) is 10.6. The van der Waals surface area contributed by atoms with E-state index >= 15 is 0 Å². The minimum Gasteiger partial charge on any atom is -0.497 e. The summed E-state index contributed by atoms with van der Waals surface area (Å²) >= 11 is 1.46. The molecule has 1 aliphatic carbocycles. The fraction of sp³-hybridized carbons (Fsp3) is 0.379. The molecule has 2 N–H and O–H groups in total. The lowest BCUT2D eigenvalue weighted by Gasteiger charge is -2.21. The number of pyridine rings is 1. The zero-order chi connectivity index (χ0) is 26.9. The van der Waals surface area contributed by atoms with E-state index in [1.54, 1.807) is 19.5 Å². The van der Waals surface area contributed by atoms with Gasteiger partial charge in [-0.15, -0.1) is 11.3 Å². The van der Waals surface area contributed by atoms with Crippen LogP contribution in [0, 0.1) is 17.2 Å². The number of nitrogens with zero attached hydrogens (tertiary/aromatic N) is 2. The van der Waals surface area contributed by atoms with Crippen LogP contribution in [-0.4, -0.2) is 37.2 Å². The van der Waals surface area contributed by atoms with Crippen LogP contribution in [0.2, 0.25) is 0 Å². The number of fused-ring (bicyclic) bond motifs is 1. The number of aromatic nitrogens is 1. The number of carbonyl (C=O) groups is 2. The average Bonchev–Trinajstić information content (AvgIpc) is 3.28. The first-order valence-electron chi connectivity index (χ1n) is 12.7. The van der Waals surface area contributed by atoms with Crippen molar-refractivity contribution in [3.8, 4) is 11.8 Å². The second kappa shape index (κ2) is 13.1. The van der Waals surface area contributed by atoms with E-state index in [0.29, 0.717) is 43.0 Å². The summed E-state index contributed by atoms with van der Waals surface area (Å²) in [6, 6.07) is 13.8. The third-order valence-electron chi connectivity index (χ3n) is 6.74. The molecular weight excluding hydrogens is 500 g/mol. The van der Waals surface area contributed by atoms with E-state index in [1.807, 2.05) is 43.3 Å². The Morgan fingerprint density at radius 2 is 2.16 bits per heavy atom. The van der Waals surface area contributed by atoms with E-state index in [-0.39, 0.29) is 17.7 Å². The summed E-state index contributed by atoms with van der Waals surface area (Å²) in [5.41, 5.74) is 3.64. The first-order chi connectivity index (χ1) is 18.5. The van der Waals surface area contributed by atoms with Gasteiger partial charge in [0.2, 0.25) is 5.91 Å². The number of ether oxygens (including phenoxy) is 2. The molecule has 198 valence electrons. The Balaban J connectivity index is 1.28. The van der Waals surface area contributed by atoms with Crippen molar-refractivity contribution in [3.63, 3.8) is 0 Å². The molecule has 9 heteroatoms. The molecule has 0 saturated heterocycles. The quantitative estimate of drug-likeness (QED) is 0.370. The van der Waals surface area contributed by atoms with Crippen LogP contribution in [0.25, 0.3) is 0 Å². The van der Waals surface area contributed by atoms with Crippen molar-refractivity contribution >= 4 is 28.3 Å². The van der Waals surface area contributed by atoms with Gasteiger partial charge in [-0.05, 0) is 72.4 Å². The van der Waals surface area contributed by atoms with Crippen LogP contribution < -0.4 is 15.4 Å². The lowest BCUT2D eigenvalue weighted by Crippen LogP contribution is -2.29. The number of rotatable bonds is 10. The fourth-order valence-electron chi connectivity index (χ4n) is 4.62. The van der Waals surface area contributed by atoms with Gasteiger partial charge in [-0.1, -0.05) is 25.1 Å². The molecule has 2 atom stereocenters. The van der Waals surface area contributed by atoms with Gasteiger partial charge >= 0.3 is 6.09 Å². The van der Waals surface area contributed by atoms with Crippen molar-refractivity contribution in [1.82, 2.24) is 10.3 Å². The number of amides is 2. The van der Waals surface area contributed by atoms with Crippen LogP contribution >= 0.6 is 11.3 Å². The molecule has 2 amide bonds. The summed E-state index contributed by atoms with van der Waals surface area (Å²) in [6.45, 7) is 2.80. The van der Waals surface area contributed by atoms with Crippen LogP contribution in [-0.2, 0) is 28.8 Å². The van der Waals surface area contributed by atoms with Crippen LogP contribution in [0.15, 0.2) is 48.8 Å². The molecule has 8 nitrogen and oxygen atoms in total. The van der Waals surface area contributed by atoms with E-state index in [9.17, 15) is 14.9 Å². The molecule has 0 aliphatic heterocycles. The van der Waals surface area contributed by atoms with Gasteiger partial charge in [0.25, 0.3) is 0 Å². The Kier molecular flexibility index (Phi) is 9.33. The smallest absolute Gasteiger partial charge is 0.407 e. The molecule has 0 radical (unpaired) electrons. The predicted octanol–water partition coefficient (Wildman–Crippen LogP) is 5.23. The molecule has 2 aromatic heterocycles. The second-order valence-electron chi connectivity index (χ2n) is 9.50. The van der Waals surface area contributed by atoms with E-state index in [4.69, 9.17) is 9.47 Å². The molecule has 0 spiro atoms. The van der Waals surface area contributed by atoms with E-state index < -0.39 is 6.09 Å². The van der Waals surface area contributed by atoms with E-state index in [2.05, 4.69) is 21.7 Å². The van der Waals surface area contributed by atoms with Gasteiger partial charge in [0, 0.05) is 30.2 Å². The summed E-state index contributed by atoms with van der Waals surface area (Å²) in [5, 5.41) is 16.2. The van der Waals surface area contributed by atoms with Crippen LogP contribution in [0.5, 0.6) is 5.75 Å². The molecule has 38 heavy (non-hydrogen) atoms. The van der Waals surface area contributed by atoms with E-state index in [1.165, 1.54) is 11.3 Å². The Bertz CT molecular complexity index is 1300. The number of hydrogen-bond donors (Lipinski definition) is 2. The topological polar surface area (TPSA) is 113 Å². The normalized spacial score (nSPS) is 15.0. The first kappa shape index (κ1) is 27.1. The molecule has 2 unspecified atom stereocenters. The Hall–Kier alpha value is -3.90. The molecule has 2 heterocycles. The molecule has 0 bridgehead atoms. The zero-order valence-electron chi connectivity index (χ0n) is 21.7. The third kappa shape index (κ3) is 7.11.